The molecule has 6 nitrogen and oxygen atoms in total. The van der Waals surface area contributed by atoms with Crippen molar-refractivity contribution in [3.05, 3.63) is 29.8 Å². The summed E-state index contributed by atoms with van der Waals surface area (Å²) in [6.07, 6.45) is 3.14. The average Bonchev–Trinajstić information content (AvgIpc) is 2.52. The molecule has 0 atom stereocenters. The molecule has 0 saturated carbocycles. The normalized spacial score (nSPS) is 10.4. The van der Waals surface area contributed by atoms with Crippen LogP contribution < -0.4 is 20.1 Å². The Morgan fingerprint density at radius 3 is 2.35 bits per heavy atom. The van der Waals surface area contributed by atoms with Crippen LogP contribution in [0.3, 0.4) is 0 Å². The second-order valence-electron chi connectivity index (χ2n) is 4.68. The zero-order chi connectivity index (χ0) is 17.1. The quantitative estimate of drug-likeness (QED) is 0.537. The van der Waals surface area contributed by atoms with E-state index in [2.05, 4.69) is 10.6 Å². The molecule has 0 saturated heterocycles. The van der Waals surface area contributed by atoms with Gasteiger partial charge in [0.15, 0.2) is 11.5 Å². The molecule has 126 valence electrons. The first-order valence-corrected chi connectivity index (χ1v) is 7.66. The molecule has 1 aromatic carbocycles. The highest BCUT2D eigenvalue weighted by molar-refractivity contribution is 5.91. The van der Waals surface area contributed by atoms with Crippen molar-refractivity contribution in [2.45, 2.75) is 20.8 Å². The molecule has 0 spiro atoms. The Morgan fingerprint density at radius 2 is 1.70 bits per heavy atom. The van der Waals surface area contributed by atoms with Crippen LogP contribution in [-0.4, -0.2) is 38.1 Å². The summed E-state index contributed by atoms with van der Waals surface area (Å²) in [5.41, 5.74) is 0.842. The van der Waals surface area contributed by atoms with Crippen LogP contribution in [0, 0.1) is 0 Å². The number of benzene rings is 1. The molecule has 1 aromatic rings. The Morgan fingerprint density at radius 1 is 1.04 bits per heavy atom. The Labute approximate surface area is 136 Å². The second-order valence-corrected chi connectivity index (χ2v) is 4.68. The number of amides is 2. The Hall–Kier alpha value is -2.50. The fraction of sp³-hybridized carbons (Fsp3) is 0.412. The standard InChI is InChI=1S/C17H24N2O4/c1-4-22-15-8-6-14(12-16(15)23-5-2)7-9-17(21)19-11-10-18-13(3)20/h6-9,12H,4-5,10-11H2,1-3H3,(H,18,20)(H,19,21). The van der Waals surface area contributed by atoms with Crippen molar-refractivity contribution in [2.75, 3.05) is 26.3 Å². The Kier molecular flexibility index (Phi) is 8.28. The molecular formula is C17H24N2O4. The van der Waals surface area contributed by atoms with Crippen LogP contribution in [0.1, 0.15) is 26.3 Å². The highest BCUT2D eigenvalue weighted by Gasteiger charge is 2.05. The van der Waals surface area contributed by atoms with Crippen LogP contribution >= 0.6 is 0 Å². The second kappa shape index (κ2) is 10.3. The summed E-state index contributed by atoms with van der Waals surface area (Å²) >= 11 is 0. The molecule has 2 amide bonds. The number of carbonyl (C=O) groups is 2. The number of ether oxygens (including phenoxy) is 2. The van der Waals surface area contributed by atoms with Gasteiger partial charge < -0.3 is 20.1 Å². The lowest BCUT2D eigenvalue weighted by atomic mass is 10.2. The predicted molar refractivity (Wildman–Crippen MR) is 89.5 cm³/mol. The lowest BCUT2D eigenvalue weighted by Crippen LogP contribution is -2.32. The third-order valence-electron chi connectivity index (χ3n) is 2.79. The molecule has 0 radical (unpaired) electrons. The highest BCUT2D eigenvalue weighted by Crippen LogP contribution is 2.28. The SMILES string of the molecule is CCOc1ccc(C=CC(=O)NCCNC(C)=O)cc1OCC. The van der Waals surface area contributed by atoms with Gasteiger partial charge in [0.25, 0.3) is 0 Å². The topological polar surface area (TPSA) is 76.7 Å². The molecule has 1 rings (SSSR count). The number of hydrogen-bond donors (Lipinski definition) is 2. The van der Waals surface area contributed by atoms with Crippen LogP contribution in [-0.2, 0) is 9.59 Å². The van der Waals surface area contributed by atoms with Gasteiger partial charge in [-0.25, -0.2) is 0 Å². The average molecular weight is 320 g/mol. The summed E-state index contributed by atoms with van der Waals surface area (Å²) < 4.78 is 11.0. The van der Waals surface area contributed by atoms with Crippen molar-refractivity contribution >= 4 is 17.9 Å². The fourth-order valence-electron chi connectivity index (χ4n) is 1.83. The van der Waals surface area contributed by atoms with E-state index in [0.29, 0.717) is 37.8 Å². The molecule has 0 heterocycles. The van der Waals surface area contributed by atoms with Gasteiger partial charge in [-0.1, -0.05) is 6.07 Å². The van der Waals surface area contributed by atoms with Crippen LogP contribution in [0.5, 0.6) is 11.5 Å². The first kappa shape index (κ1) is 18.5. The Balaban J connectivity index is 2.59. The van der Waals surface area contributed by atoms with Crippen LogP contribution in [0.2, 0.25) is 0 Å². The first-order chi connectivity index (χ1) is 11.1. The van der Waals surface area contributed by atoms with Gasteiger partial charge >= 0.3 is 0 Å². The van der Waals surface area contributed by atoms with E-state index >= 15 is 0 Å². The highest BCUT2D eigenvalue weighted by atomic mass is 16.5. The first-order valence-electron chi connectivity index (χ1n) is 7.66. The minimum atomic E-state index is -0.220. The molecule has 0 aliphatic heterocycles. The zero-order valence-corrected chi connectivity index (χ0v) is 13.8. The van der Waals surface area contributed by atoms with Gasteiger partial charge in [-0.15, -0.1) is 0 Å². The smallest absolute Gasteiger partial charge is 0.244 e. The van der Waals surface area contributed by atoms with E-state index in [1.807, 2.05) is 32.0 Å². The zero-order valence-electron chi connectivity index (χ0n) is 13.8. The number of carbonyl (C=O) groups excluding carboxylic acids is 2. The summed E-state index contributed by atoms with van der Waals surface area (Å²) in [6, 6.07) is 5.51. The summed E-state index contributed by atoms with van der Waals surface area (Å²) in [5, 5.41) is 5.29. The molecule has 0 aliphatic rings. The van der Waals surface area contributed by atoms with Crippen molar-refractivity contribution in [3.63, 3.8) is 0 Å². The summed E-state index contributed by atoms with van der Waals surface area (Å²) in [6.45, 7) is 7.14. The molecule has 6 heteroatoms. The van der Waals surface area contributed by atoms with E-state index in [1.54, 1.807) is 6.08 Å². The molecular weight excluding hydrogens is 296 g/mol. The van der Waals surface area contributed by atoms with Crippen LogP contribution in [0.4, 0.5) is 0 Å². The van der Waals surface area contributed by atoms with E-state index in [0.717, 1.165) is 5.56 Å². The summed E-state index contributed by atoms with van der Waals surface area (Å²) in [5.74, 6) is 1.00. The Bertz CT molecular complexity index is 556. The maximum Gasteiger partial charge on any atom is 0.244 e. The van der Waals surface area contributed by atoms with E-state index in [9.17, 15) is 9.59 Å². The van der Waals surface area contributed by atoms with E-state index < -0.39 is 0 Å². The third kappa shape index (κ3) is 7.35. The molecule has 0 bridgehead atoms. The van der Waals surface area contributed by atoms with Crippen molar-refractivity contribution in [1.82, 2.24) is 10.6 Å². The number of hydrogen-bond acceptors (Lipinski definition) is 4. The predicted octanol–water partition coefficient (Wildman–Crippen LogP) is 1.75. The minimum absolute atomic E-state index is 0.118. The molecule has 0 fully saturated rings. The maximum atomic E-state index is 11.7. The van der Waals surface area contributed by atoms with E-state index in [1.165, 1.54) is 13.0 Å². The third-order valence-corrected chi connectivity index (χ3v) is 2.79. The number of rotatable bonds is 9. The van der Waals surface area contributed by atoms with Crippen molar-refractivity contribution < 1.29 is 19.1 Å². The van der Waals surface area contributed by atoms with Crippen molar-refractivity contribution in [2.24, 2.45) is 0 Å². The summed E-state index contributed by atoms with van der Waals surface area (Å²) in [4.78, 5) is 22.4. The lowest BCUT2D eigenvalue weighted by Gasteiger charge is -2.11. The largest absolute Gasteiger partial charge is 0.490 e. The molecule has 0 aliphatic carbocycles. The fourth-order valence-corrected chi connectivity index (χ4v) is 1.83. The van der Waals surface area contributed by atoms with Gasteiger partial charge in [-0.05, 0) is 37.6 Å². The van der Waals surface area contributed by atoms with E-state index in [4.69, 9.17) is 9.47 Å². The van der Waals surface area contributed by atoms with Gasteiger partial charge in [0.05, 0.1) is 13.2 Å². The number of nitrogens with one attached hydrogen (secondary N) is 2. The van der Waals surface area contributed by atoms with Crippen LogP contribution in [0.25, 0.3) is 6.08 Å². The van der Waals surface area contributed by atoms with Crippen molar-refractivity contribution in [1.29, 1.82) is 0 Å². The maximum absolute atomic E-state index is 11.7. The van der Waals surface area contributed by atoms with Gasteiger partial charge in [-0.2, -0.15) is 0 Å². The van der Waals surface area contributed by atoms with Gasteiger partial charge in [-0.3, -0.25) is 9.59 Å². The molecule has 23 heavy (non-hydrogen) atoms. The van der Waals surface area contributed by atoms with Crippen molar-refractivity contribution in [3.8, 4) is 11.5 Å². The van der Waals surface area contributed by atoms with Gasteiger partial charge in [0.1, 0.15) is 0 Å². The minimum Gasteiger partial charge on any atom is -0.490 e. The molecule has 2 N–H and O–H groups in total. The molecule has 0 unspecified atom stereocenters. The lowest BCUT2D eigenvalue weighted by molar-refractivity contribution is -0.119. The molecule has 0 aromatic heterocycles. The van der Waals surface area contributed by atoms with Crippen LogP contribution in [0.15, 0.2) is 24.3 Å². The summed E-state index contributed by atoms with van der Waals surface area (Å²) in [7, 11) is 0. The monoisotopic (exact) mass is 320 g/mol. The van der Waals surface area contributed by atoms with E-state index in [-0.39, 0.29) is 11.8 Å². The van der Waals surface area contributed by atoms with Gasteiger partial charge in [0.2, 0.25) is 11.8 Å². The van der Waals surface area contributed by atoms with Gasteiger partial charge in [0, 0.05) is 26.1 Å².